The van der Waals surface area contributed by atoms with E-state index in [1.54, 1.807) is 6.07 Å². The molecule has 1 unspecified atom stereocenters. The molecule has 0 saturated heterocycles. The summed E-state index contributed by atoms with van der Waals surface area (Å²) in [5, 5.41) is 13.0. The monoisotopic (exact) mass is 303 g/mol. The summed E-state index contributed by atoms with van der Waals surface area (Å²) in [5.74, 6) is -0.103. The van der Waals surface area contributed by atoms with E-state index in [9.17, 15) is 4.79 Å². The Kier molecular flexibility index (Phi) is 4.91. The highest BCUT2D eigenvalue weighted by Gasteiger charge is 2.23. The van der Waals surface area contributed by atoms with Gasteiger partial charge in [-0.05, 0) is 25.1 Å². The van der Waals surface area contributed by atoms with Gasteiger partial charge in [-0.1, -0.05) is 23.2 Å². The van der Waals surface area contributed by atoms with Crippen molar-refractivity contribution in [2.75, 3.05) is 13.2 Å². The number of hydrogen-bond acceptors (Lipinski definition) is 3. The Morgan fingerprint density at radius 3 is 3.00 bits per heavy atom. The number of ether oxygens (including phenoxy) is 1. The lowest BCUT2D eigenvalue weighted by atomic mass is 10.0. The fourth-order valence-electron chi connectivity index (χ4n) is 2.15. The molecule has 0 radical (unpaired) electrons. The van der Waals surface area contributed by atoms with Gasteiger partial charge in [-0.15, -0.1) is 0 Å². The molecule has 0 amide bonds. The van der Waals surface area contributed by atoms with Crippen LogP contribution < -0.4 is 10.1 Å². The zero-order valence-corrected chi connectivity index (χ0v) is 11.8. The molecule has 2 N–H and O–H groups in total. The van der Waals surface area contributed by atoms with Crippen molar-refractivity contribution in [3.8, 4) is 5.75 Å². The molecule has 4 nitrogen and oxygen atoms in total. The maximum absolute atomic E-state index is 10.5. The van der Waals surface area contributed by atoms with Gasteiger partial charge in [0.25, 0.3) is 0 Å². The Bertz CT molecular complexity index is 479. The van der Waals surface area contributed by atoms with Crippen LogP contribution in [0.4, 0.5) is 0 Å². The molecule has 0 aromatic heterocycles. The fraction of sp³-hybridized carbons (Fsp3) is 0.462. The number of carboxylic acids is 1. The van der Waals surface area contributed by atoms with Crippen molar-refractivity contribution < 1.29 is 14.6 Å². The smallest absolute Gasteiger partial charge is 0.303 e. The maximum Gasteiger partial charge on any atom is 0.303 e. The highest BCUT2D eigenvalue weighted by atomic mass is 35.5. The lowest BCUT2D eigenvalue weighted by molar-refractivity contribution is -0.137. The average Bonchev–Trinajstić information content (AvgIpc) is 2.34. The van der Waals surface area contributed by atoms with Crippen molar-refractivity contribution in [2.24, 2.45) is 0 Å². The van der Waals surface area contributed by atoms with Gasteiger partial charge in [0.15, 0.2) is 0 Å². The second-order valence-corrected chi connectivity index (χ2v) is 5.29. The molecule has 0 aliphatic carbocycles. The Labute approximate surface area is 121 Å². The van der Waals surface area contributed by atoms with Crippen LogP contribution in [0.25, 0.3) is 0 Å². The Morgan fingerprint density at radius 2 is 2.26 bits per heavy atom. The molecule has 1 aromatic rings. The standard InChI is InChI=1S/C13H15Cl2NO3/c14-8-6-9-11(16-4-1-2-12(17)18)3-5-19-13(9)10(15)7-8/h6-7,11,16H,1-5H2,(H,17,18). The lowest BCUT2D eigenvalue weighted by Gasteiger charge is -2.27. The lowest BCUT2D eigenvalue weighted by Crippen LogP contribution is -2.28. The van der Waals surface area contributed by atoms with E-state index in [1.165, 1.54) is 0 Å². The van der Waals surface area contributed by atoms with Crippen molar-refractivity contribution in [2.45, 2.75) is 25.3 Å². The van der Waals surface area contributed by atoms with Crippen molar-refractivity contribution in [1.29, 1.82) is 0 Å². The second kappa shape index (κ2) is 6.46. The van der Waals surface area contributed by atoms with Crippen LogP contribution in [-0.4, -0.2) is 24.2 Å². The summed E-state index contributed by atoms with van der Waals surface area (Å²) in [6.45, 7) is 1.23. The Balaban J connectivity index is 2.03. The topological polar surface area (TPSA) is 58.6 Å². The summed E-state index contributed by atoms with van der Waals surface area (Å²) in [5.41, 5.74) is 0.944. The molecule has 1 heterocycles. The van der Waals surface area contributed by atoms with Crippen LogP contribution in [0.1, 0.15) is 30.9 Å². The third kappa shape index (κ3) is 3.75. The predicted molar refractivity (Wildman–Crippen MR) is 74.2 cm³/mol. The van der Waals surface area contributed by atoms with E-state index in [4.69, 9.17) is 33.0 Å². The zero-order chi connectivity index (χ0) is 13.8. The highest BCUT2D eigenvalue weighted by molar-refractivity contribution is 6.35. The molecule has 0 bridgehead atoms. The predicted octanol–water partition coefficient (Wildman–Crippen LogP) is 3.27. The molecule has 0 fully saturated rings. The maximum atomic E-state index is 10.5. The van der Waals surface area contributed by atoms with Crippen molar-refractivity contribution in [3.05, 3.63) is 27.7 Å². The van der Waals surface area contributed by atoms with Gasteiger partial charge in [0.2, 0.25) is 0 Å². The number of carbonyl (C=O) groups is 1. The van der Waals surface area contributed by atoms with Crippen LogP contribution in [0.5, 0.6) is 5.75 Å². The van der Waals surface area contributed by atoms with Crippen molar-refractivity contribution in [3.63, 3.8) is 0 Å². The molecule has 0 spiro atoms. The van der Waals surface area contributed by atoms with Crippen LogP contribution in [-0.2, 0) is 4.79 Å². The van der Waals surface area contributed by atoms with Crippen LogP contribution in [0.3, 0.4) is 0 Å². The number of nitrogens with one attached hydrogen (secondary N) is 1. The second-order valence-electron chi connectivity index (χ2n) is 4.45. The fourth-order valence-corrected chi connectivity index (χ4v) is 2.72. The van der Waals surface area contributed by atoms with Crippen molar-refractivity contribution >= 4 is 29.2 Å². The number of halogens is 2. The van der Waals surface area contributed by atoms with Crippen LogP contribution in [0, 0.1) is 0 Å². The Morgan fingerprint density at radius 1 is 1.47 bits per heavy atom. The molecule has 6 heteroatoms. The molecule has 104 valence electrons. The van der Waals surface area contributed by atoms with Gasteiger partial charge >= 0.3 is 5.97 Å². The van der Waals surface area contributed by atoms with E-state index in [2.05, 4.69) is 5.32 Å². The normalized spacial score (nSPS) is 17.7. The molecule has 2 rings (SSSR count). The zero-order valence-electron chi connectivity index (χ0n) is 10.3. The minimum atomic E-state index is -0.778. The number of rotatable bonds is 5. The van der Waals surface area contributed by atoms with Gasteiger partial charge in [-0.2, -0.15) is 0 Å². The van der Waals surface area contributed by atoms with Gasteiger partial charge in [0, 0.05) is 29.5 Å². The first kappa shape index (κ1) is 14.4. The quantitative estimate of drug-likeness (QED) is 0.820. The van der Waals surface area contributed by atoms with Gasteiger partial charge in [-0.25, -0.2) is 0 Å². The third-order valence-corrected chi connectivity index (χ3v) is 3.52. The number of hydrogen-bond donors (Lipinski definition) is 2. The highest BCUT2D eigenvalue weighted by Crippen LogP contribution is 2.39. The number of carboxylic acid groups (broad SMARTS) is 1. The van der Waals surface area contributed by atoms with Crippen LogP contribution >= 0.6 is 23.2 Å². The van der Waals surface area contributed by atoms with Gasteiger partial charge in [0.05, 0.1) is 11.6 Å². The first-order chi connectivity index (χ1) is 9.08. The summed E-state index contributed by atoms with van der Waals surface area (Å²) in [4.78, 5) is 10.5. The third-order valence-electron chi connectivity index (χ3n) is 3.02. The van der Waals surface area contributed by atoms with E-state index in [1.807, 2.05) is 6.07 Å². The Hall–Kier alpha value is -0.970. The summed E-state index contributed by atoms with van der Waals surface area (Å²) in [6, 6.07) is 3.61. The van der Waals surface area contributed by atoms with Crippen molar-refractivity contribution in [1.82, 2.24) is 5.32 Å². The molecule has 1 aliphatic heterocycles. The van der Waals surface area contributed by atoms with E-state index >= 15 is 0 Å². The molecule has 19 heavy (non-hydrogen) atoms. The van der Waals surface area contributed by atoms with Gasteiger partial charge < -0.3 is 15.2 Å². The van der Waals surface area contributed by atoms with Crippen LogP contribution in [0.2, 0.25) is 10.0 Å². The molecular formula is C13H15Cl2NO3. The minimum absolute atomic E-state index is 0.105. The molecule has 1 atom stereocenters. The average molecular weight is 304 g/mol. The summed E-state index contributed by atoms with van der Waals surface area (Å²) < 4.78 is 5.56. The summed E-state index contributed by atoms with van der Waals surface area (Å²) >= 11 is 12.1. The first-order valence-corrected chi connectivity index (χ1v) is 6.90. The summed E-state index contributed by atoms with van der Waals surface area (Å²) in [6.07, 6.45) is 1.58. The SMILES string of the molecule is O=C(O)CCCNC1CCOc2c(Cl)cc(Cl)cc21. The van der Waals surface area contributed by atoms with Crippen LogP contribution in [0.15, 0.2) is 12.1 Å². The van der Waals surface area contributed by atoms with E-state index in [-0.39, 0.29) is 12.5 Å². The van der Waals surface area contributed by atoms with Gasteiger partial charge in [0.1, 0.15) is 5.75 Å². The molecule has 0 saturated carbocycles. The minimum Gasteiger partial charge on any atom is -0.492 e. The largest absolute Gasteiger partial charge is 0.492 e. The van der Waals surface area contributed by atoms with E-state index in [0.717, 1.165) is 12.0 Å². The van der Waals surface area contributed by atoms with Gasteiger partial charge in [-0.3, -0.25) is 4.79 Å². The molecule has 1 aliphatic rings. The molecule has 1 aromatic carbocycles. The van der Waals surface area contributed by atoms with E-state index < -0.39 is 5.97 Å². The number of aliphatic carboxylic acids is 1. The number of fused-ring (bicyclic) bond motifs is 1. The summed E-state index contributed by atoms with van der Waals surface area (Å²) in [7, 11) is 0. The van der Waals surface area contributed by atoms with E-state index in [0.29, 0.717) is 35.4 Å². The molecular weight excluding hydrogens is 289 g/mol. The number of benzene rings is 1. The first-order valence-electron chi connectivity index (χ1n) is 6.15.